The Hall–Kier alpha value is -2.34. The van der Waals surface area contributed by atoms with Gasteiger partial charge in [0.15, 0.2) is 0 Å². The highest BCUT2D eigenvalue weighted by atomic mass is 16.6. The molecule has 1 aromatic carbocycles. The third-order valence-corrected chi connectivity index (χ3v) is 5.23. The number of hydrogen-bond acceptors (Lipinski definition) is 5. The van der Waals surface area contributed by atoms with E-state index in [0.717, 1.165) is 24.8 Å². The molecule has 158 valence electrons. The fraction of sp³-hybridized carbons (Fsp3) is 0.565. The molecule has 2 aliphatic heterocycles. The van der Waals surface area contributed by atoms with Crippen LogP contribution >= 0.6 is 0 Å². The van der Waals surface area contributed by atoms with E-state index < -0.39 is 5.60 Å². The molecule has 6 heteroatoms. The van der Waals surface area contributed by atoms with Crippen molar-refractivity contribution >= 4 is 11.9 Å². The minimum Gasteiger partial charge on any atom is -0.459 e. The van der Waals surface area contributed by atoms with Crippen molar-refractivity contribution < 1.29 is 14.3 Å². The summed E-state index contributed by atoms with van der Waals surface area (Å²) in [5.74, 6) is -0.485. The first kappa shape index (κ1) is 21.4. The summed E-state index contributed by atoms with van der Waals surface area (Å²) >= 11 is 0. The van der Waals surface area contributed by atoms with E-state index in [-0.39, 0.29) is 30.5 Å². The molecule has 1 N–H and O–H groups in total. The molecule has 0 aromatic heterocycles. The summed E-state index contributed by atoms with van der Waals surface area (Å²) in [6.07, 6.45) is 5.09. The highest BCUT2D eigenvalue weighted by Crippen LogP contribution is 2.32. The number of rotatable bonds is 6. The minimum atomic E-state index is -0.561. The largest absolute Gasteiger partial charge is 0.459 e. The van der Waals surface area contributed by atoms with E-state index >= 15 is 0 Å². The van der Waals surface area contributed by atoms with Gasteiger partial charge in [0.25, 0.3) is 5.91 Å². The van der Waals surface area contributed by atoms with Crippen LogP contribution in [0.3, 0.4) is 0 Å². The molecule has 1 fully saturated rings. The number of carbonyl (C=O) groups is 2. The lowest BCUT2D eigenvalue weighted by Crippen LogP contribution is -2.57. The summed E-state index contributed by atoms with van der Waals surface area (Å²) in [5.41, 5.74) is 5.91. The lowest BCUT2D eigenvalue weighted by atomic mass is 10.0. The second-order valence-corrected chi connectivity index (χ2v) is 9.01. The molecule has 1 aromatic rings. The van der Waals surface area contributed by atoms with Gasteiger partial charge in [-0.2, -0.15) is 0 Å². The van der Waals surface area contributed by atoms with Crippen molar-refractivity contribution in [1.29, 1.82) is 0 Å². The fourth-order valence-corrected chi connectivity index (χ4v) is 3.82. The first-order chi connectivity index (χ1) is 13.7. The molecule has 0 spiro atoms. The van der Waals surface area contributed by atoms with Crippen LogP contribution in [0.5, 0.6) is 0 Å². The Morgan fingerprint density at radius 3 is 2.55 bits per heavy atom. The summed E-state index contributed by atoms with van der Waals surface area (Å²) in [6, 6.07) is 8.44. The summed E-state index contributed by atoms with van der Waals surface area (Å²) in [7, 11) is 0. The van der Waals surface area contributed by atoms with Crippen LogP contribution < -0.4 is 5.43 Å². The van der Waals surface area contributed by atoms with Crippen LogP contribution in [0.1, 0.15) is 64.1 Å². The number of benzene rings is 1. The van der Waals surface area contributed by atoms with Crippen LogP contribution in [0.15, 0.2) is 36.0 Å². The molecule has 0 bridgehead atoms. The minimum absolute atomic E-state index is 0.0148. The Labute approximate surface area is 173 Å². The predicted octanol–water partition coefficient (Wildman–Crippen LogP) is 3.48. The van der Waals surface area contributed by atoms with Gasteiger partial charge < -0.3 is 9.64 Å². The zero-order valence-electron chi connectivity index (χ0n) is 18.2. The summed E-state index contributed by atoms with van der Waals surface area (Å²) in [5, 5.41) is 2.02. The van der Waals surface area contributed by atoms with Gasteiger partial charge in [0.1, 0.15) is 17.8 Å². The smallest absolute Gasteiger partial charge is 0.326 e. The fourth-order valence-electron chi connectivity index (χ4n) is 3.82. The first-order valence-corrected chi connectivity index (χ1v) is 10.5. The molecular formula is C23H33N3O3. The molecule has 2 atom stereocenters. The van der Waals surface area contributed by atoms with Crippen LogP contribution in [-0.4, -0.2) is 46.5 Å². The van der Waals surface area contributed by atoms with E-state index in [9.17, 15) is 9.59 Å². The summed E-state index contributed by atoms with van der Waals surface area (Å²) < 4.78 is 5.44. The molecular weight excluding hydrogens is 366 g/mol. The molecule has 0 aliphatic carbocycles. The summed E-state index contributed by atoms with van der Waals surface area (Å²) in [6.45, 7) is 10.2. The average Bonchev–Trinajstić information content (AvgIpc) is 3.08. The third kappa shape index (κ3) is 5.18. The number of hydrazine groups is 1. The maximum atomic E-state index is 13.1. The van der Waals surface area contributed by atoms with Crippen LogP contribution in [-0.2, 0) is 14.3 Å². The molecule has 29 heavy (non-hydrogen) atoms. The Morgan fingerprint density at radius 2 is 1.93 bits per heavy atom. The summed E-state index contributed by atoms with van der Waals surface area (Å²) in [4.78, 5) is 27.1. The SMILES string of the molecule is CCCCC1CN(CC(=O)OC(C)(C)C)C(=O)C2=CC(c3ccc(C)cc3)NN21. The normalized spacial score (nSPS) is 21.8. The predicted molar refractivity (Wildman–Crippen MR) is 113 cm³/mol. The van der Waals surface area contributed by atoms with E-state index in [4.69, 9.17) is 4.74 Å². The molecule has 2 unspecified atom stereocenters. The molecule has 2 heterocycles. The Morgan fingerprint density at radius 1 is 1.24 bits per heavy atom. The monoisotopic (exact) mass is 399 g/mol. The van der Waals surface area contributed by atoms with Crippen molar-refractivity contribution in [3.63, 3.8) is 0 Å². The molecule has 2 aliphatic rings. The zero-order chi connectivity index (χ0) is 21.2. The third-order valence-electron chi connectivity index (χ3n) is 5.23. The van der Waals surface area contributed by atoms with Gasteiger partial charge in [0, 0.05) is 6.54 Å². The molecule has 0 saturated carbocycles. The van der Waals surface area contributed by atoms with E-state index in [1.165, 1.54) is 5.56 Å². The average molecular weight is 400 g/mol. The van der Waals surface area contributed by atoms with E-state index in [1.54, 1.807) is 4.90 Å². The van der Waals surface area contributed by atoms with Gasteiger partial charge in [0.2, 0.25) is 0 Å². The first-order valence-electron chi connectivity index (χ1n) is 10.5. The lowest BCUT2D eigenvalue weighted by Gasteiger charge is -2.41. The van der Waals surface area contributed by atoms with Crippen molar-refractivity contribution in [1.82, 2.24) is 15.3 Å². The lowest BCUT2D eigenvalue weighted by molar-refractivity contribution is -0.160. The number of esters is 1. The van der Waals surface area contributed by atoms with E-state index in [0.29, 0.717) is 12.2 Å². The second kappa shape index (κ2) is 8.57. The Balaban J connectivity index is 1.80. The number of nitrogens with zero attached hydrogens (tertiary/aromatic N) is 2. The molecule has 6 nitrogen and oxygen atoms in total. The van der Waals surface area contributed by atoms with Gasteiger partial charge in [-0.3, -0.25) is 14.6 Å². The van der Waals surface area contributed by atoms with Crippen molar-refractivity contribution in [2.24, 2.45) is 0 Å². The van der Waals surface area contributed by atoms with Crippen molar-refractivity contribution in [3.05, 3.63) is 47.2 Å². The number of unbranched alkanes of at least 4 members (excludes halogenated alkanes) is 1. The maximum Gasteiger partial charge on any atom is 0.326 e. The number of amides is 1. The number of hydrogen-bond donors (Lipinski definition) is 1. The molecule has 3 rings (SSSR count). The van der Waals surface area contributed by atoms with Crippen LogP contribution in [0, 0.1) is 6.92 Å². The van der Waals surface area contributed by atoms with Gasteiger partial charge >= 0.3 is 5.97 Å². The number of ether oxygens (including phenoxy) is 1. The quantitative estimate of drug-likeness (QED) is 0.742. The molecule has 1 saturated heterocycles. The second-order valence-electron chi connectivity index (χ2n) is 9.01. The highest BCUT2D eigenvalue weighted by molar-refractivity contribution is 5.96. The number of carbonyl (C=O) groups excluding carboxylic acids is 2. The van der Waals surface area contributed by atoms with Crippen LogP contribution in [0.2, 0.25) is 0 Å². The van der Waals surface area contributed by atoms with Gasteiger partial charge in [0.05, 0.1) is 12.1 Å². The van der Waals surface area contributed by atoms with Crippen LogP contribution in [0.4, 0.5) is 0 Å². The zero-order valence-corrected chi connectivity index (χ0v) is 18.2. The maximum absolute atomic E-state index is 13.1. The van der Waals surface area contributed by atoms with Gasteiger partial charge in [-0.25, -0.2) is 5.43 Å². The van der Waals surface area contributed by atoms with Gasteiger partial charge in [-0.15, -0.1) is 0 Å². The topological polar surface area (TPSA) is 61.9 Å². The van der Waals surface area contributed by atoms with Crippen molar-refractivity contribution in [2.75, 3.05) is 13.1 Å². The Bertz CT molecular complexity index is 780. The highest BCUT2D eigenvalue weighted by Gasteiger charge is 2.41. The van der Waals surface area contributed by atoms with Crippen molar-refractivity contribution in [3.8, 4) is 0 Å². The Kier molecular flexibility index (Phi) is 6.32. The molecule has 1 amide bonds. The van der Waals surface area contributed by atoms with Gasteiger partial charge in [-0.05, 0) is 45.8 Å². The van der Waals surface area contributed by atoms with Crippen molar-refractivity contribution in [2.45, 2.75) is 71.6 Å². The van der Waals surface area contributed by atoms with E-state index in [1.807, 2.05) is 31.9 Å². The van der Waals surface area contributed by atoms with E-state index in [2.05, 4.69) is 43.5 Å². The molecule has 0 radical (unpaired) electrons. The van der Waals surface area contributed by atoms with Crippen LogP contribution in [0.25, 0.3) is 0 Å². The number of piperazine rings is 1. The standard InChI is InChI=1S/C23H33N3O3/c1-6-7-8-18-14-25(15-21(27)29-23(3,4)5)22(28)20-13-19(24-26(18)20)17-11-9-16(2)10-12-17/h9-13,18-19,24H,6-8,14-15H2,1-5H3. The number of aryl methyl sites for hydroxylation is 1. The number of fused-ring (bicyclic) bond motifs is 1. The van der Waals surface area contributed by atoms with Gasteiger partial charge in [-0.1, -0.05) is 49.6 Å². The number of nitrogens with one attached hydrogen (secondary N) is 1.